The van der Waals surface area contributed by atoms with Crippen molar-refractivity contribution >= 4 is 0 Å². The lowest BCUT2D eigenvalue weighted by molar-refractivity contribution is 0.443. The van der Waals surface area contributed by atoms with Gasteiger partial charge in [0.05, 0.1) is 17.4 Å². The van der Waals surface area contributed by atoms with Gasteiger partial charge in [0.1, 0.15) is 11.6 Å². The van der Waals surface area contributed by atoms with Gasteiger partial charge < -0.3 is 14.5 Å². The Bertz CT molecular complexity index is 584. The van der Waals surface area contributed by atoms with E-state index in [0.29, 0.717) is 29.1 Å². The first-order valence-corrected chi connectivity index (χ1v) is 5.50. The van der Waals surface area contributed by atoms with Gasteiger partial charge in [-0.1, -0.05) is 13.3 Å². The fourth-order valence-corrected chi connectivity index (χ4v) is 1.72. The molecule has 0 aliphatic carbocycles. The number of H-pyrrole nitrogens is 1. The van der Waals surface area contributed by atoms with E-state index in [-0.39, 0.29) is 11.4 Å². The highest BCUT2D eigenvalue weighted by Crippen LogP contribution is 2.22. The molecular weight excluding hydrogens is 220 g/mol. The molecule has 0 saturated heterocycles. The van der Waals surface area contributed by atoms with Crippen LogP contribution in [0.3, 0.4) is 0 Å². The molecule has 2 heterocycles. The predicted octanol–water partition coefficient (Wildman–Crippen LogP) is 2.00. The van der Waals surface area contributed by atoms with Gasteiger partial charge in [0.2, 0.25) is 5.88 Å². The third kappa shape index (κ3) is 2.08. The summed E-state index contributed by atoms with van der Waals surface area (Å²) in [5.41, 5.74) is 0.716. The number of nitrogens with one attached hydrogen (secondary N) is 1. The standard InChI is InChI=1S/C12H14N2O3/c1-3-4-9-11(15)13-10(14-12(9)16)8-5-6-17-7(8)2/h5-6H,3-4H2,1-2H3,(H2,13,14,15,16). The zero-order valence-electron chi connectivity index (χ0n) is 9.78. The van der Waals surface area contributed by atoms with Crippen molar-refractivity contribution in [1.29, 1.82) is 0 Å². The Kier molecular flexibility index (Phi) is 2.99. The summed E-state index contributed by atoms with van der Waals surface area (Å²) in [4.78, 5) is 18.4. The molecule has 90 valence electrons. The number of aromatic amines is 1. The van der Waals surface area contributed by atoms with E-state index in [0.717, 1.165) is 6.42 Å². The van der Waals surface area contributed by atoms with Gasteiger partial charge in [0.25, 0.3) is 5.56 Å². The number of hydrogen-bond acceptors (Lipinski definition) is 4. The van der Waals surface area contributed by atoms with Crippen molar-refractivity contribution < 1.29 is 9.52 Å². The monoisotopic (exact) mass is 234 g/mol. The fraction of sp³-hybridized carbons (Fsp3) is 0.333. The largest absolute Gasteiger partial charge is 0.493 e. The van der Waals surface area contributed by atoms with Crippen LogP contribution in [0, 0.1) is 6.92 Å². The van der Waals surface area contributed by atoms with E-state index in [1.807, 2.05) is 6.92 Å². The minimum Gasteiger partial charge on any atom is -0.493 e. The second-order valence-electron chi connectivity index (χ2n) is 3.86. The quantitative estimate of drug-likeness (QED) is 0.851. The van der Waals surface area contributed by atoms with Crippen molar-refractivity contribution in [1.82, 2.24) is 9.97 Å². The van der Waals surface area contributed by atoms with E-state index in [1.54, 1.807) is 13.0 Å². The van der Waals surface area contributed by atoms with Crippen molar-refractivity contribution in [3.8, 4) is 17.3 Å². The van der Waals surface area contributed by atoms with Crippen molar-refractivity contribution in [3.63, 3.8) is 0 Å². The second-order valence-corrected chi connectivity index (χ2v) is 3.86. The molecule has 2 rings (SSSR count). The number of hydrogen-bond donors (Lipinski definition) is 2. The van der Waals surface area contributed by atoms with Crippen LogP contribution >= 0.6 is 0 Å². The van der Waals surface area contributed by atoms with Gasteiger partial charge in [0, 0.05) is 0 Å². The summed E-state index contributed by atoms with van der Waals surface area (Å²) in [5.74, 6) is 0.778. The van der Waals surface area contributed by atoms with Crippen LogP contribution in [-0.4, -0.2) is 15.1 Å². The Balaban J connectivity index is 2.53. The third-order valence-corrected chi connectivity index (χ3v) is 2.61. The van der Waals surface area contributed by atoms with Crippen molar-refractivity contribution in [2.45, 2.75) is 26.7 Å². The molecule has 17 heavy (non-hydrogen) atoms. The lowest BCUT2D eigenvalue weighted by Crippen LogP contribution is -2.15. The molecule has 2 N–H and O–H groups in total. The smallest absolute Gasteiger partial charge is 0.258 e. The number of aromatic hydroxyl groups is 1. The maximum absolute atomic E-state index is 11.8. The molecule has 5 heteroatoms. The number of rotatable bonds is 3. The van der Waals surface area contributed by atoms with Gasteiger partial charge in [-0.2, -0.15) is 4.98 Å². The molecular formula is C12H14N2O3. The van der Waals surface area contributed by atoms with E-state index in [9.17, 15) is 9.90 Å². The molecule has 0 atom stereocenters. The van der Waals surface area contributed by atoms with Crippen LogP contribution in [0.4, 0.5) is 0 Å². The summed E-state index contributed by atoms with van der Waals surface area (Å²) in [7, 11) is 0. The number of furan rings is 1. The first kappa shape index (κ1) is 11.4. The molecule has 0 spiro atoms. The third-order valence-electron chi connectivity index (χ3n) is 2.61. The maximum atomic E-state index is 11.8. The summed E-state index contributed by atoms with van der Waals surface area (Å²) in [6.45, 7) is 3.71. The van der Waals surface area contributed by atoms with Gasteiger partial charge in [-0.3, -0.25) is 4.79 Å². The molecule has 0 bridgehead atoms. The molecule has 0 aliphatic rings. The molecule has 0 aliphatic heterocycles. The summed E-state index contributed by atoms with van der Waals surface area (Å²) in [6, 6.07) is 1.70. The zero-order chi connectivity index (χ0) is 12.4. The van der Waals surface area contributed by atoms with E-state index in [1.165, 1.54) is 6.26 Å². The summed E-state index contributed by atoms with van der Waals surface area (Å²) in [6.07, 6.45) is 2.81. The van der Waals surface area contributed by atoms with E-state index >= 15 is 0 Å². The summed E-state index contributed by atoms with van der Waals surface area (Å²) in [5, 5.41) is 9.73. The second kappa shape index (κ2) is 4.45. The fourth-order valence-electron chi connectivity index (χ4n) is 1.72. The molecule has 0 saturated carbocycles. The number of aromatic nitrogens is 2. The van der Waals surface area contributed by atoms with Gasteiger partial charge in [-0.15, -0.1) is 0 Å². The van der Waals surface area contributed by atoms with E-state index < -0.39 is 0 Å². The van der Waals surface area contributed by atoms with Crippen molar-refractivity contribution in [2.75, 3.05) is 0 Å². The van der Waals surface area contributed by atoms with E-state index in [2.05, 4.69) is 9.97 Å². The minimum absolute atomic E-state index is 0.203. The Morgan fingerprint density at radius 1 is 1.53 bits per heavy atom. The summed E-state index contributed by atoms with van der Waals surface area (Å²) < 4.78 is 5.13. The lowest BCUT2D eigenvalue weighted by Gasteiger charge is -2.04. The van der Waals surface area contributed by atoms with Crippen molar-refractivity contribution in [3.05, 3.63) is 34.0 Å². The molecule has 0 fully saturated rings. The molecule has 2 aromatic heterocycles. The SMILES string of the molecule is CCCc1c(O)nc(-c2ccoc2C)[nH]c1=O. The predicted molar refractivity (Wildman–Crippen MR) is 63.0 cm³/mol. The molecule has 0 amide bonds. The Labute approximate surface area is 98.1 Å². The molecule has 0 unspecified atom stereocenters. The van der Waals surface area contributed by atoms with Gasteiger partial charge in [0.15, 0.2) is 0 Å². The van der Waals surface area contributed by atoms with Crippen LogP contribution in [-0.2, 0) is 6.42 Å². The van der Waals surface area contributed by atoms with Gasteiger partial charge >= 0.3 is 0 Å². The average molecular weight is 234 g/mol. The van der Waals surface area contributed by atoms with Crippen molar-refractivity contribution in [2.24, 2.45) is 0 Å². The molecule has 5 nitrogen and oxygen atoms in total. The highest BCUT2D eigenvalue weighted by atomic mass is 16.3. The number of aryl methyl sites for hydroxylation is 1. The highest BCUT2D eigenvalue weighted by molar-refractivity contribution is 5.57. The normalized spacial score (nSPS) is 10.7. The summed E-state index contributed by atoms with van der Waals surface area (Å²) >= 11 is 0. The maximum Gasteiger partial charge on any atom is 0.258 e. The number of nitrogens with zero attached hydrogens (tertiary/aromatic N) is 1. The topological polar surface area (TPSA) is 79.1 Å². The van der Waals surface area contributed by atoms with Crippen LogP contribution in [0.1, 0.15) is 24.7 Å². The van der Waals surface area contributed by atoms with E-state index in [4.69, 9.17) is 4.42 Å². The molecule has 0 radical (unpaired) electrons. The lowest BCUT2D eigenvalue weighted by atomic mass is 10.2. The first-order valence-electron chi connectivity index (χ1n) is 5.50. The van der Waals surface area contributed by atoms with Gasteiger partial charge in [-0.25, -0.2) is 0 Å². The first-order chi connectivity index (χ1) is 8.13. The van der Waals surface area contributed by atoms with Crippen LogP contribution in [0.5, 0.6) is 5.88 Å². The minimum atomic E-state index is -0.296. The highest BCUT2D eigenvalue weighted by Gasteiger charge is 2.13. The van der Waals surface area contributed by atoms with Gasteiger partial charge in [-0.05, 0) is 19.4 Å². The zero-order valence-corrected chi connectivity index (χ0v) is 9.78. The average Bonchev–Trinajstić information content (AvgIpc) is 2.69. The molecule has 0 aromatic carbocycles. The van der Waals surface area contributed by atoms with Crippen LogP contribution in [0.2, 0.25) is 0 Å². The Morgan fingerprint density at radius 2 is 2.29 bits per heavy atom. The Morgan fingerprint density at radius 3 is 2.82 bits per heavy atom. The van der Waals surface area contributed by atoms with Crippen LogP contribution in [0.15, 0.2) is 21.5 Å². The van der Waals surface area contributed by atoms with Crippen LogP contribution in [0.25, 0.3) is 11.4 Å². The van der Waals surface area contributed by atoms with Crippen LogP contribution < -0.4 is 5.56 Å². The Hall–Kier alpha value is -2.04. The molecule has 2 aromatic rings.